The lowest BCUT2D eigenvalue weighted by Gasteiger charge is -2.19. The van der Waals surface area contributed by atoms with Crippen LogP contribution in [0.15, 0.2) is 12.1 Å². The Hall–Kier alpha value is -1.06. The Morgan fingerprint density at radius 2 is 2.25 bits per heavy atom. The number of hydrogen-bond acceptors (Lipinski definition) is 2. The molecule has 0 saturated carbocycles. The molecule has 3 nitrogen and oxygen atoms in total. The number of amides is 1. The van der Waals surface area contributed by atoms with Crippen LogP contribution in [0, 0.1) is 6.92 Å². The molecule has 1 aromatic rings. The number of rotatable bonds is 0. The van der Waals surface area contributed by atoms with Crippen LogP contribution in [0.5, 0.6) is 0 Å². The maximum Gasteiger partial charge on any atom is 0.236 e. The number of fused-ring (bicyclic) bond motifs is 2. The molecule has 4 heteroatoms. The van der Waals surface area contributed by atoms with Gasteiger partial charge in [-0.05, 0) is 37.1 Å². The highest BCUT2D eigenvalue weighted by molar-refractivity contribution is 6.32. The van der Waals surface area contributed by atoms with Crippen molar-refractivity contribution in [2.75, 3.05) is 18.4 Å². The normalized spacial score (nSPS) is 27.2. The average molecular weight is 237 g/mol. The fraction of sp³-hybridized carbons (Fsp3) is 0.417. The molecule has 2 heterocycles. The maximum atomic E-state index is 12.1. The van der Waals surface area contributed by atoms with E-state index < -0.39 is 0 Å². The van der Waals surface area contributed by atoms with Crippen LogP contribution in [-0.4, -0.2) is 19.0 Å². The summed E-state index contributed by atoms with van der Waals surface area (Å²) in [4.78, 5) is 12.1. The molecule has 0 radical (unpaired) electrons. The summed E-state index contributed by atoms with van der Waals surface area (Å²) in [6.45, 7) is 3.57. The average Bonchev–Trinajstić information content (AvgIpc) is 2.84. The molecule has 16 heavy (non-hydrogen) atoms. The quantitative estimate of drug-likeness (QED) is 0.722. The number of carbonyl (C=O) groups excluding carboxylic acids is 1. The van der Waals surface area contributed by atoms with E-state index in [-0.39, 0.29) is 11.3 Å². The van der Waals surface area contributed by atoms with Gasteiger partial charge >= 0.3 is 0 Å². The number of benzene rings is 1. The zero-order valence-electron chi connectivity index (χ0n) is 9.06. The third-order valence-electron chi connectivity index (χ3n) is 3.74. The van der Waals surface area contributed by atoms with Gasteiger partial charge in [-0.3, -0.25) is 4.79 Å². The lowest BCUT2D eigenvalue weighted by atomic mass is 9.80. The third-order valence-corrected chi connectivity index (χ3v) is 4.15. The van der Waals surface area contributed by atoms with E-state index in [9.17, 15) is 4.79 Å². The van der Waals surface area contributed by atoms with Crippen molar-refractivity contribution >= 4 is 23.2 Å². The topological polar surface area (TPSA) is 41.1 Å². The molecule has 2 N–H and O–H groups in total. The first-order valence-corrected chi connectivity index (χ1v) is 5.85. The number of nitrogens with one attached hydrogen (secondary N) is 2. The van der Waals surface area contributed by atoms with E-state index in [1.807, 2.05) is 19.1 Å². The number of halogens is 1. The minimum absolute atomic E-state index is 0.109. The van der Waals surface area contributed by atoms with Gasteiger partial charge < -0.3 is 10.6 Å². The Bertz CT molecular complexity index is 478. The molecule has 1 saturated heterocycles. The largest absolute Gasteiger partial charge is 0.325 e. The summed E-state index contributed by atoms with van der Waals surface area (Å²) >= 11 is 6.07. The zero-order chi connectivity index (χ0) is 11.3. The molecule has 0 aliphatic carbocycles. The predicted octanol–water partition coefficient (Wildman–Crippen LogP) is 1.83. The van der Waals surface area contributed by atoms with Gasteiger partial charge in [0.2, 0.25) is 5.91 Å². The van der Waals surface area contributed by atoms with E-state index >= 15 is 0 Å². The van der Waals surface area contributed by atoms with Crippen LogP contribution in [0.4, 0.5) is 5.69 Å². The van der Waals surface area contributed by atoms with Crippen LogP contribution in [0.3, 0.4) is 0 Å². The predicted molar refractivity (Wildman–Crippen MR) is 64.0 cm³/mol. The van der Waals surface area contributed by atoms with Crippen molar-refractivity contribution in [3.63, 3.8) is 0 Å². The van der Waals surface area contributed by atoms with Gasteiger partial charge in [0, 0.05) is 17.3 Å². The fourth-order valence-corrected chi connectivity index (χ4v) is 2.87. The SMILES string of the molecule is Cc1c(Cl)ccc2c1NC(=O)C21CCNC1. The molecule has 1 fully saturated rings. The van der Waals surface area contributed by atoms with Crippen molar-refractivity contribution in [3.8, 4) is 0 Å². The van der Waals surface area contributed by atoms with Crippen molar-refractivity contribution in [2.45, 2.75) is 18.8 Å². The second kappa shape index (κ2) is 3.22. The van der Waals surface area contributed by atoms with Crippen molar-refractivity contribution in [1.29, 1.82) is 0 Å². The Labute approximate surface area is 99.2 Å². The summed E-state index contributed by atoms with van der Waals surface area (Å²) in [5.41, 5.74) is 2.63. The monoisotopic (exact) mass is 236 g/mol. The van der Waals surface area contributed by atoms with Gasteiger partial charge in [-0.1, -0.05) is 17.7 Å². The second-order valence-corrected chi connectivity index (χ2v) is 4.97. The van der Waals surface area contributed by atoms with Crippen LogP contribution in [0.2, 0.25) is 5.02 Å². The van der Waals surface area contributed by atoms with Gasteiger partial charge in [0.15, 0.2) is 0 Å². The van der Waals surface area contributed by atoms with E-state index in [2.05, 4.69) is 10.6 Å². The van der Waals surface area contributed by atoms with Gasteiger partial charge in [-0.25, -0.2) is 0 Å². The first-order valence-electron chi connectivity index (χ1n) is 5.47. The molecule has 1 atom stereocenters. The van der Waals surface area contributed by atoms with E-state index in [0.29, 0.717) is 5.02 Å². The molecule has 1 unspecified atom stereocenters. The molecular formula is C12H13ClN2O. The standard InChI is InChI=1S/C12H13ClN2O/c1-7-9(13)3-2-8-10(7)15-11(16)12(8)4-5-14-6-12/h2-3,14H,4-6H2,1H3,(H,15,16). The first-order chi connectivity index (χ1) is 7.65. The maximum absolute atomic E-state index is 12.1. The lowest BCUT2D eigenvalue weighted by Crippen LogP contribution is -2.36. The number of anilines is 1. The molecule has 2 aliphatic heterocycles. The third kappa shape index (κ3) is 1.10. The highest BCUT2D eigenvalue weighted by Gasteiger charge is 2.49. The van der Waals surface area contributed by atoms with Crippen LogP contribution >= 0.6 is 11.6 Å². The molecule has 3 rings (SSSR count). The fourth-order valence-electron chi connectivity index (χ4n) is 2.72. The van der Waals surface area contributed by atoms with Crippen molar-refractivity contribution in [1.82, 2.24) is 5.32 Å². The minimum Gasteiger partial charge on any atom is -0.325 e. The summed E-state index contributed by atoms with van der Waals surface area (Å²) in [5.74, 6) is 0.109. The lowest BCUT2D eigenvalue weighted by molar-refractivity contribution is -0.120. The van der Waals surface area contributed by atoms with Crippen LogP contribution in [0.25, 0.3) is 0 Å². The summed E-state index contributed by atoms with van der Waals surface area (Å²) in [6, 6.07) is 3.87. The van der Waals surface area contributed by atoms with Crippen molar-refractivity contribution < 1.29 is 4.79 Å². The zero-order valence-corrected chi connectivity index (χ0v) is 9.82. The van der Waals surface area contributed by atoms with Crippen molar-refractivity contribution in [3.05, 3.63) is 28.3 Å². The summed E-state index contributed by atoms with van der Waals surface area (Å²) in [7, 11) is 0. The number of hydrogen-bond donors (Lipinski definition) is 2. The van der Waals surface area contributed by atoms with E-state index in [0.717, 1.165) is 36.3 Å². The van der Waals surface area contributed by atoms with Gasteiger partial charge in [0.1, 0.15) is 0 Å². The molecule has 1 spiro atoms. The second-order valence-electron chi connectivity index (χ2n) is 4.56. The summed E-state index contributed by atoms with van der Waals surface area (Å²) in [6.07, 6.45) is 0.868. The highest BCUT2D eigenvalue weighted by Crippen LogP contribution is 2.44. The van der Waals surface area contributed by atoms with Gasteiger partial charge in [0.05, 0.1) is 5.41 Å². The van der Waals surface area contributed by atoms with Crippen LogP contribution in [-0.2, 0) is 10.2 Å². The molecule has 1 aromatic carbocycles. The smallest absolute Gasteiger partial charge is 0.236 e. The van der Waals surface area contributed by atoms with Crippen LogP contribution in [0.1, 0.15) is 17.5 Å². The molecule has 1 amide bonds. The first kappa shape index (κ1) is 10.1. The molecule has 0 aromatic heterocycles. The Balaban J connectivity index is 2.22. The Morgan fingerprint density at radius 3 is 2.94 bits per heavy atom. The Morgan fingerprint density at radius 1 is 1.44 bits per heavy atom. The molecule has 0 bridgehead atoms. The minimum atomic E-state index is -0.356. The van der Waals surface area contributed by atoms with Crippen molar-refractivity contribution in [2.24, 2.45) is 0 Å². The molecular weight excluding hydrogens is 224 g/mol. The number of carbonyl (C=O) groups is 1. The van der Waals surface area contributed by atoms with E-state index in [1.165, 1.54) is 0 Å². The summed E-state index contributed by atoms with van der Waals surface area (Å²) in [5, 5.41) is 6.95. The summed E-state index contributed by atoms with van der Waals surface area (Å²) < 4.78 is 0. The highest BCUT2D eigenvalue weighted by atomic mass is 35.5. The van der Waals surface area contributed by atoms with E-state index in [1.54, 1.807) is 0 Å². The molecule has 2 aliphatic rings. The van der Waals surface area contributed by atoms with Gasteiger partial charge in [-0.15, -0.1) is 0 Å². The van der Waals surface area contributed by atoms with E-state index in [4.69, 9.17) is 11.6 Å². The van der Waals surface area contributed by atoms with Gasteiger partial charge in [-0.2, -0.15) is 0 Å². The Kier molecular flexibility index (Phi) is 2.03. The van der Waals surface area contributed by atoms with Gasteiger partial charge in [0.25, 0.3) is 0 Å². The van der Waals surface area contributed by atoms with Crippen LogP contribution < -0.4 is 10.6 Å². The molecule has 84 valence electrons.